The van der Waals surface area contributed by atoms with Gasteiger partial charge in [-0.3, -0.25) is 4.79 Å². The van der Waals surface area contributed by atoms with Crippen molar-refractivity contribution in [1.82, 2.24) is 9.21 Å². The second-order valence-electron chi connectivity index (χ2n) is 7.48. The predicted octanol–water partition coefficient (Wildman–Crippen LogP) is 2.66. The highest BCUT2D eigenvalue weighted by molar-refractivity contribution is 7.89. The molecule has 1 amide bonds. The molecule has 7 nitrogen and oxygen atoms in total. The number of methoxy groups -OCH3 is 1. The van der Waals surface area contributed by atoms with Gasteiger partial charge in [-0.15, -0.1) is 0 Å². The summed E-state index contributed by atoms with van der Waals surface area (Å²) in [5, 5.41) is 0. The van der Waals surface area contributed by atoms with Crippen LogP contribution in [0.5, 0.6) is 5.75 Å². The van der Waals surface area contributed by atoms with Crippen molar-refractivity contribution in [2.75, 3.05) is 33.9 Å². The Hall–Kier alpha value is -2.49. The van der Waals surface area contributed by atoms with Crippen LogP contribution in [-0.2, 0) is 26.1 Å². The molecule has 0 radical (unpaired) electrons. The SMILES string of the molecule is COc1cccc(CN(CC2CCCO2)C(=O)CN(C)S(=O)(=O)c2ccc(F)cc2)c1. The molecular formula is C22H27FN2O5S. The van der Waals surface area contributed by atoms with Crippen LogP contribution in [0.15, 0.2) is 53.4 Å². The second kappa shape index (κ2) is 10.2. The van der Waals surface area contributed by atoms with E-state index < -0.39 is 15.8 Å². The molecule has 9 heteroatoms. The maximum Gasteiger partial charge on any atom is 0.243 e. The van der Waals surface area contributed by atoms with Gasteiger partial charge >= 0.3 is 0 Å². The first kappa shape index (κ1) is 23.2. The van der Waals surface area contributed by atoms with Crippen molar-refractivity contribution in [3.63, 3.8) is 0 Å². The predicted molar refractivity (Wildman–Crippen MR) is 114 cm³/mol. The van der Waals surface area contributed by atoms with E-state index in [1.807, 2.05) is 24.3 Å². The van der Waals surface area contributed by atoms with E-state index in [-0.39, 0.29) is 23.5 Å². The van der Waals surface area contributed by atoms with E-state index in [1.54, 1.807) is 12.0 Å². The van der Waals surface area contributed by atoms with Gasteiger partial charge in [0, 0.05) is 26.7 Å². The molecule has 2 aromatic rings. The Morgan fingerprint density at radius 1 is 1.23 bits per heavy atom. The quantitative estimate of drug-likeness (QED) is 0.587. The molecule has 1 heterocycles. The summed E-state index contributed by atoms with van der Waals surface area (Å²) in [6.07, 6.45) is 1.71. The van der Waals surface area contributed by atoms with E-state index >= 15 is 0 Å². The van der Waals surface area contributed by atoms with Gasteiger partial charge in [0.2, 0.25) is 15.9 Å². The number of hydrogen-bond acceptors (Lipinski definition) is 5. The third-order valence-corrected chi connectivity index (χ3v) is 7.01. The van der Waals surface area contributed by atoms with Gasteiger partial charge in [-0.25, -0.2) is 12.8 Å². The highest BCUT2D eigenvalue weighted by atomic mass is 32.2. The van der Waals surface area contributed by atoms with Crippen molar-refractivity contribution in [3.05, 3.63) is 59.9 Å². The molecule has 168 valence electrons. The van der Waals surface area contributed by atoms with Crippen molar-refractivity contribution in [3.8, 4) is 5.75 Å². The number of carbonyl (C=O) groups excluding carboxylic acids is 1. The number of halogens is 1. The van der Waals surface area contributed by atoms with Crippen LogP contribution in [0, 0.1) is 5.82 Å². The molecule has 1 aliphatic rings. The molecule has 1 atom stereocenters. The number of rotatable bonds is 9. The maximum atomic E-state index is 13.2. The second-order valence-corrected chi connectivity index (χ2v) is 9.52. The normalized spacial score (nSPS) is 16.5. The zero-order chi connectivity index (χ0) is 22.4. The van der Waals surface area contributed by atoms with Crippen LogP contribution < -0.4 is 4.74 Å². The molecule has 31 heavy (non-hydrogen) atoms. The monoisotopic (exact) mass is 450 g/mol. The molecule has 1 unspecified atom stereocenters. The minimum atomic E-state index is -3.93. The third kappa shape index (κ3) is 6.03. The smallest absolute Gasteiger partial charge is 0.243 e. The number of carbonyl (C=O) groups is 1. The Morgan fingerprint density at radius 2 is 1.97 bits per heavy atom. The molecule has 0 saturated carbocycles. The zero-order valence-electron chi connectivity index (χ0n) is 17.7. The first-order valence-corrected chi connectivity index (χ1v) is 11.5. The Labute approximate surface area is 182 Å². The van der Waals surface area contributed by atoms with Crippen molar-refractivity contribution >= 4 is 15.9 Å². The summed E-state index contributed by atoms with van der Waals surface area (Å²) < 4.78 is 50.6. The maximum absolute atomic E-state index is 13.2. The lowest BCUT2D eigenvalue weighted by Crippen LogP contribution is -2.43. The minimum absolute atomic E-state index is 0.0670. The minimum Gasteiger partial charge on any atom is -0.497 e. The number of benzene rings is 2. The van der Waals surface area contributed by atoms with Crippen LogP contribution in [-0.4, -0.2) is 63.5 Å². The summed E-state index contributed by atoms with van der Waals surface area (Å²) in [7, 11) is -1.01. The molecule has 0 N–H and O–H groups in total. The molecule has 0 bridgehead atoms. The molecule has 0 aromatic heterocycles. The zero-order valence-corrected chi connectivity index (χ0v) is 18.5. The Balaban J connectivity index is 1.75. The van der Waals surface area contributed by atoms with Gasteiger partial charge in [-0.1, -0.05) is 12.1 Å². The first-order valence-electron chi connectivity index (χ1n) is 10.0. The van der Waals surface area contributed by atoms with Gasteiger partial charge < -0.3 is 14.4 Å². The number of nitrogens with zero attached hydrogens (tertiary/aromatic N) is 2. The van der Waals surface area contributed by atoms with E-state index in [0.29, 0.717) is 25.4 Å². The fraction of sp³-hybridized carbons (Fsp3) is 0.409. The van der Waals surface area contributed by atoms with Crippen molar-refractivity contribution in [2.24, 2.45) is 0 Å². The van der Waals surface area contributed by atoms with Crippen LogP contribution in [0.3, 0.4) is 0 Å². The van der Waals surface area contributed by atoms with Crippen molar-refractivity contribution in [1.29, 1.82) is 0 Å². The van der Waals surface area contributed by atoms with Crippen molar-refractivity contribution in [2.45, 2.75) is 30.4 Å². The average molecular weight is 451 g/mol. The lowest BCUT2D eigenvalue weighted by atomic mass is 10.1. The van der Waals surface area contributed by atoms with Gasteiger partial charge in [0.1, 0.15) is 11.6 Å². The summed E-state index contributed by atoms with van der Waals surface area (Å²) >= 11 is 0. The molecule has 2 aromatic carbocycles. The molecule has 1 fully saturated rings. The molecule has 1 aliphatic heterocycles. The van der Waals surface area contributed by atoms with Gasteiger partial charge in [0.15, 0.2) is 0 Å². The topological polar surface area (TPSA) is 76.2 Å². The summed E-state index contributed by atoms with van der Waals surface area (Å²) in [4.78, 5) is 14.7. The van der Waals surface area contributed by atoms with Crippen LogP contribution in [0.25, 0.3) is 0 Å². The summed E-state index contributed by atoms with van der Waals surface area (Å²) in [5.41, 5.74) is 0.870. The largest absolute Gasteiger partial charge is 0.497 e. The van der Waals surface area contributed by atoms with E-state index in [9.17, 15) is 17.6 Å². The highest BCUT2D eigenvalue weighted by Gasteiger charge is 2.28. The lowest BCUT2D eigenvalue weighted by molar-refractivity contribution is -0.133. The standard InChI is InChI=1S/C22H27FN2O5S/c1-24(31(27,28)21-10-8-18(23)9-11-21)16-22(26)25(15-20-7-4-12-30-20)14-17-5-3-6-19(13-17)29-2/h3,5-6,8-11,13,20H,4,7,12,14-16H2,1-2H3. The van der Waals surface area contributed by atoms with Crippen LogP contribution in [0.1, 0.15) is 18.4 Å². The van der Waals surface area contributed by atoms with Gasteiger partial charge in [-0.05, 0) is 54.8 Å². The summed E-state index contributed by atoms with van der Waals surface area (Å²) in [6.45, 7) is 1.00. The lowest BCUT2D eigenvalue weighted by Gasteiger charge is -2.28. The van der Waals surface area contributed by atoms with Crippen LogP contribution in [0.2, 0.25) is 0 Å². The van der Waals surface area contributed by atoms with E-state index in [0.717, 1.165) is 34.8 Å². The Kier molecular flexibility index (Phi) is 7.64. The van der Waals surface area contributed by atoms with Crippen LogP contribution >= 0.6 is 0 Å². The fourth-order valence-electron chi connectivity index (χ4n) is 3.44. The number of amides is 1. The number of ether oxygens (including phenoxy) is 2. The van der Waals surface area contributed by atoms with Gasteiger partial charge in [0.05, 0.1) is 24.7 Å². The Morgan fingerprint density at radius 3 is 2.61 bits per heavy atom. The molecule has 3 rings (SSSR count). The third-order valence-electron chi connectivity index (χ3n) is 5.19. The van der Waals surface area contributed by atoms with E-state index in [1.165, 1.54) is 19.2 Å². The van der Waals surface area contributed by atoms with Gasteiger partial charge in [-0.2, -0.15) is 4.31 Å². The van der Waals surface area contributed by atoms with E-state index in [2.05, 4.69) is 0 Å². The molecule has 1 saturated heterocycles. The number of hydrogen-bond donors (Lipinski definition) is 0. The number of sulfonamides is 1. The Bertz CT molecular complexity index is 991. The van der Waals surface area contributed by atoms with E-state index in [4.69, 9.17) is 9.47 Å². The number of likely N-dealkylation sites (N-methyl/N-ethyl adjacent to an activating group) is 1. The summed E-state index contributed by atoms with van der Waals surface area (Å²) in [5.74, 6) is -0.191. The first-order chi connectivity index (χ1) is 14.8. The fourth-order valence-corrected chi connectivity index (χ4v) is 4.56. The average Bonchev–Trinajstić information content (AvgIpc) is 3.27. The molecular weight excluding hydrogens is 423 g/mol. The highest BCUT2D eigenvalue weighted by Crippen LogP contribution is 2.19. The van der Waals surface area contributed by atoms with Gasteiger partial charge in [0.25, 0.3) is 0 Å². The van der Waals surface area contributed by atoms with Crippen molar-refractivity contribution < 1.29 is 27.1 Å². The molecule has 0 aliphatic carbocycles. The summed E-state index contributed by atoms with van der Waals surface area (Å²) in [6, 6.07) is 11.9. The van der Waals surface area contributed by atoms with Crippen LogP contribution in [0.4, 0.5) is 4.39 Å². The molecule has 0 spiro atoms.